The second-order valence-corrected chi connectivity index (χ2v) is 5.78. The van der Waals surface area contributed by atoms with Crippen molar-refractivity contribution in [2.75, 3.05) is 19.6 Å². The van der Waals surface area contributed by atoms with E-state index in [4.69, 9.17) is 0 Å². The molecule has 3 nitrogen and oxygen atoms in total. The number of unbranched alkanes of at least 4 members (excludes halogenated alkanes) is 1. The molecule has 2 N–H and O–H groups in total. The Bertz CT molecular complexity index is 410. The van der Waals surface area contributed by atoms with Crippen molar-refractivity contribution in [3.05, 3.63) is 35.9 Å². The van der Waals surface area contributed by atoms with Crippen molar-refractivity contribution in [2.45, 2.75) is 44.4 Å². The number of rotatable bonds is 6. The van der Waals surface area contributed by atoms with E-state index in [1.165, 1.54) is 5.56 Å². The van der Waals surface area contributed by atoms with Crippen LogP contribution in [0.1, 0.15) is 44.6 Å². The highest BCUT2D eigenvalue weighted by atomic mass is 16.1. The summed E-state index contributed by atoms with van der Waals surface area (Å²) in [4.78, 5) is 11.9. The number of nitrogens with one attached hydrogen (secondary N) is 2. The number of amides is 1. The van der Waals surface area contributed by atoms with Crippen molar-refractivity contribution in [3.63, 3.8) is 0 Å². The summed E-state index contributed by atoms with van der Waals surface area (Å²) in [6.45, 7) is 4.94. The van der Waals surface area contributed by atoms with Crippen LogP contribution in [0.5, 0.6) is 0 Å². The number of benzene rings is 1. The van der Waals surface area contributed by atoms with Gasteiger partial charge in [-0.15, -0.1) is 0 Å². The molecular formula is C17H26N2O. The van der Waals surface area contributed by atoms with Crippen molar-refractivity contribution in [1.82, 2.24) is 10.6 Å². The maximum absolute atomic E-state index is 11.9. The number of hydrogen-bond acceptors (Lipinski definition) is 2. The molecule has 1 aromatic rings. The van der Waals surface area contributed by atoms with Crippen LogP contribution in [0, 0.1) is 0 Å². The molecule has 0 saturated carbocycles. The van der Waals surface area contributed by atoms with E-state index in [0.717, 1.165) is 45.3 Å². The molecule has 3 heteroatoms. The molecule has 110 valence electrons. The van der Waals surface area contributed by atoms with Gasteiger partial charge in [-0.1, -0.05) is 43.7 Å². The third-order valence-corrected chi connectivity index (χ3v) is 4.33. The third-order valence-electron chi connectivity index (χ3n) is 4.33. The monoisotopic (exact) mass is 274 g/mol. The fraction of sp³-hybridized carbons (Fsp3) is 0.588. The first-order chi connectivity index (χ1) is 9.77. The van der Waals surface area contributed by atoms with Gasteiger partial charge in [0.05, 0.1) is 0 Å². The Kier molecular flexibility index (Phi) is 5.60. The van der Waals surface area contributed by atoms with Gasteiger partial charge >= 0.3 is 0 Å². The number of piperidine rings is 1. The summed E-state index contributed by atoms with van der Waals surface area (Å²) in [5.41, 5.74) is 1.46. The largest absolute Gasteiger partial charge is 0.355 e. The van der Waals surface area contributed by atoms with Crippen molar-refractivity contribution >= 4 is 5.91 Å². The summed E-state index contributed by atoms with van der Waals surface area (Å²) in [6.07, 6.45) is 4.88. The normalized spacial score (nSPS) is 17.6. The van der Waals surface area contributed by atoms with E-state index in [-0.39, 0.29) is 11.3 Å². The lowest BCUT2D eigenvalue weighted by Gasteiger charge is -2.38. The van der Waals surface area contributed by atoms with Crippen LogP contribution in [0.25, 0.3) is 0 Å². The SMILES string of the molecule is CCCCC(=O)NCC1(c2ccccc2)CCNCC1. The predicted octanol–water partition coefficient (Wildman–Crippen LogP) is 2.61. The van der Waals surface area contributed by atoms with Crippen LogP contribution in [-0.2, 0) is 10.2 Å². The second kappa shape index (κ2) is 7.44. The number of hydrogen-bond donors (Lipinski definition) is 2. The van der Waals surface area contributed by atoms with E-state index >= 15 is 0 Å². The summed E-state index contributed by atoms with van der Waals surface area (Å²) in [5.74, 6) is 0.195. The minimum Gasteiger partial charge on any atom is -0.355 e. The molecule has 1 amide bonds. The highest BCUT2D eigenvalue weighted by Crippen LogP contribution is 2.32. The quantitative estimate of drug-likeness (QED) is 0.837. The van der Waals surface area contributed by atoms with E-state index in [1.807, 2.05) is 0 Å². The molecule has 0 bridgehead atoms. The van der Waals surface area contributed by atoms with Crippen LogP contribution in [0.4, 0.5) is 0 Å². The first-order valence-electron chi connectivity index (χ1n) is 7.80. The Morgan fingerprint density at radius 2 is 1.95 bits per heavy atom. The van der Waals surface area contributed by atoms with Gasteiger partial charge in [-0.05, 0) is 37.9 Å². The summed E-state index contributed by atoms with van der Waals surface area (Å²) in [7, 11) is 0. The highest BCUT2D eigenvalue weighted by molar-refractivity contribution is 5.76. The van der Waals surface area contributed by atoms with E-state index < -0.39 is 0 Å². The molecule has 1 aliphatic rings. The fourth-order valence-corrected chi connectivity index (χ4v) is 2.96. The summed E-state index contributed by atoms with van der Waals surface area (Å²) in [5, 5.41) is 6.58. The average molecular weight is 274 g/mol. The molecule has 1 heterocycles. The molecule has 1 aliphatic heterocycles. The molecule has 0 unspecified atom stereocenters. The van der Waals surface area contributed by atoms with Crippen molar-refractivity contribution in [3.8, 4) is 0 Å². The molecule has 0 atom stereocenters. The van der Waals surface area contributed by atoms with Gasteiger partial charge in [-0.25, -0.2) is 0 Å². The van der Waals surface area contributed by atoms with Gasteiger partial charge in [0.25, 0.3) is 0 Å². The molecule has 20 heavy (non-hydrogen) atoms. The van der Waals surface area contributed by atoms with E-state index in [2.05, 4.69) is 47.9 Å². The zero-order chi connectivity index (χ0) is 14.3. The van der Waals surface area contributed by atoms with Gasteiger partial charge in [0, 0.05) is 18.4 Å². The molecule has 1 fully saturated rings. The van der Waals surface area contributed by atoms with Gasteiger partial charge in [-0.2, -0.15) is 0 Å². The molecule has 2 rings (SSSR count). The molecule has 0 radical (unpaired) electrons. The Hall–Kier alpha value is -1.35. The van der Waals surface area contributed by atoms with E-state index in [9.17, 15) is 4.79 Å². The number of carbonyl (C=O) groups excluding carboxylic acids is 1. The topological polar surface area (TPSA) is 41.1 Å². The smallest absolute Gasteiger partial charge is 0.220 e. The van der Waals surface area contributed by atoms with Gasteiger partial charge in [0.1, 0.15) is 0 Å². The van der Waals surface area contributed by atoms with Crippen LogP contribution in [0.15, 0.2) is 30.3 Å². The summed E-state index contributed by atoms with van der Waals surface area (Å²) in [6, 6.07) is 10.6. The lowest BCUT2D eigenvalue weighted by molar-refractivity contribution is -0.121. The van der Waals surface area contributed by atoms with Crippen molar-refractivity contribution in [2.24, 2.45) is 0 Å². The predicted molar refractivity (Wildman–Crippen MR) is 82.8 cm³/mol. The highest BCUT2D eigenvalue weighted by Gasteiger charge is 2.33. The molecule has 1 aromatic carbocycles. The Balaban J connectivity index is 2.02. The lowest BCUT2D eigenvalue weighted by atomic mass is 9.73. The minimum atomic E-state index is 0.106. The van der Waals surface area contributed by atoms with Crippen LogP contribution in [0.3, 0.4) is 0 Å². The lowest BCUT2D eigenvalue weighted by Crippen LogP contribution is -2.47. The molecular weight excluding hydrogens is 248 g/mol. The van der Waals surface area contributed by atoms with Gasteiger partial charge in [-0.3, -0.25) is 4.79 Å². The number of carbonyl (C=O) groups is 1. The maximum Gasteiger partial charge on any atom is 0.220 e. The third kappa shape index (κ3) is 3.83. The summed E-state index contributed by atoms with van der Waals surface area (Å²) >= 11 is 0. The zero-order valence-corrected chi connectivity index (χ0v) is 12.5. The Morgan fingerprint density at radius 1 is 1.25 bits per heavy atom. The van der Waals surface area contributed by atoms with Crippen molar-refractivity contribution in [1.29, 1.82) is 0 Å². The first-order valence-corrected chi connectivity index (χ1v) is 7.80. The van der Waals surface area contributed by atoms with Gasteiger partial charge < -0.3 is 10.6 Å². The first kappa shape index (κ1) is 15.0. The van der Waals surface area contributed by atoms with Crippen molar-refractivity contribution < 1.29 is 4.79 Å². The summed E-state index contributed by atoms with van der Waals surface area (Å²) < 4.78 is 0. The second-order valence-electron chi connectivity index (χ2n) is 5.78. The maximum atomic E-state index is 11.9. The van der Waals surface area contributed by atoms with Crippen LogP contribution in [-0.4, -0.2) is 25.5 Å². The van der Waals surface area contributed by atoms with Crippen LogP contribution in [0.2, 0.25) is 0 Å². The molecule has 0 aliphatic carbocycles. The fourth-order valence-electron chi connectivity index (χ4n) is 2.96. The van der Waals surface area contributed by atoms with Gasteiger partial charge in [0.15, 0.2) is 0 Å². The molecule has 1 saturated heterocycles. The Morgan fingerprint density at radius 3 is 2.60 bits per heavy atom. The minimum absolute atomic E-state index is 0.106. The average Bonchev–Trinajstić information content (AvgIpc) is 2.52. The standard InChI is InChI=1S/C17H26N2O/c1-2-3-9-16(20)19-14-17(10-12-18-13-11-17)15-7-5-4-6-8-15/h4-8,18H,2-3,9-14H2,1H3,(H,19,20). The van der Waals surface area contributed by atoms with Crippen LogP contribution < -0.4 is 10.6 Å². The van der Waals surface area contributed by atoms with E-state index in [0.29, 0.717) is 6.42 Å². The molecule has 0 aromatic heterocycles. The molecule has 0 spiro atoms. The zero-order valence-electron chi connectivity index (χ0n) is 12.5. The Labute approximate surface area is 122 Å². The van der Waals surface area contributed by atoms with Gasteiger partial charge in [0.2, 0.25) is 5.91 Å². The van der Waals surface area contributed by atoms with Crippen LogP contribution >= 0.6 is 0 Å². The van der Waals surface area contributed by atoms with E-state index in [1.54, 1.807) is 0 Å².